The second-order valence-electron chi connectivity index (χ2n) is 7.86. The number of anilines is 1. The van der Waals surface area contributed by atoms with E-state index >= 15 is 0 Å². The summed E-state index contributed by atoms with van der Waals surface area (Å²) in [6.45, 7) is 5.95. The molecule has 0 N–H and O–H groups in total. The molecule has 0 radical (unpaired) electrons. The minimum absolute atomic E-state index is 0.222. The van der Waals surface area contributed by atoms with Crippen LogP contribution in [0.15, 0.2) is 42.5 Å². The molecule has 2 aliphatic heterocycles. The fourth-order valence-electron chi connectivity index (χ4n) is 3.91. The first-order valence-electron chi connectivity index (χ1n) is 10.7. The van der Waals surface area contributed by atoms with E-state index in [9.17, 15) is 9.18 Å². The molecule has 2 unspecified atom stereocenters. The van der Waals surface area contributed by atoms with Gasteiger partial charge in [0.1, 0.15) is 11.9 Å². The number of fused-ring (bicyclic) bond motifs is 2. The molecule has 0 spiro atoms. The van der Waals surface area contributed by atoms with E-state index < -0.39 is 12.2 Å². The monoisotopic (exact) mass is 457 g/mol. The van der Waals surface area contributed by atoms with Crippen LogP contribution in [0.2, 0.25) is 0 Å². The zero-order valence-corrected chi connectivity index (χ0v) is 18.5. The third kappa shape index (κ3) is 4.28. The average molecular weight is 458 g/mol. The van der Waals surface area contributed by atoms with Crippen molar-refractivity contribution in [2.75, 3.05) is 44.3 Å². The summed E-state index contributed by atoms with van der Waals surface area (Å²) >= 11 is 1.30. The molecule has 0 bridgehead atoms. The number of hydrogen-bond donors (Lipinski definition) is 0. The van der Waals surface area contributed by atoms with Gasteiger partial charge in [0, 0.05) is 26.2 Å². The van der Waals surface area contributed by atoms with Crippen molar-refractivity contribution < 1.29 is 23.4 Å². The number of halogens is 1. The Balaban J connectivity index is 1.43. The van der Waals surface area contributed by atoms with Crippen LogP contribution >= 0.6 is 11.3 Å². The maximum atomic E-state index is 13.7. The van der Waals surface area contributed by atoms with Crippen LogP contribution in [-0.4, -0.2) is 67.4 Å². The molecule has 32 heavy (non-hydrogen) atoms. The fourth-order valence-corrected chi connectivity index (χ4v) is 4.93. The predicted octanol–water partition coefficient (Wildman–Crippen LogP) is 3.33. The number of ether oxygens (including phenoxy) is 3. The highest BCUT2D eigenvalue weighted by Gasteiger charge is 2.38. The van der Waals surface area contributed by atoms with Crippen LogP contribution in [0.4, 0.5) is 9.52 Å². The van der Waals surface area contributed by atoms with E-state index in [1.54, 1.807) is 17.0 Å². The van der Waals surface area contributed by atoms with Crippen molar-refractivity contribution in [3.8, 4) is 11.5 Å². The molecule has 2 aromatic carbocycles. The number of aromatic nitrogens is 1. The highest BCUT2D eigenvalue weighted by atomic mass is 32.1. The molecule has 0 aliphatic carbocycles. The van der Waals surface area contributed by atoms with E-state index in [0.717, 1.165) is 13.1 Å². The van der Waals surface area contributed by atoms with Gasteiger partial charge in [-0.3, -0.25) is 14.6 Å². The van der Waals surface area contributed by atoms with Gasteiger partial charge in [-0.05, 0) is 37.3 Å². The average Bonchev–Trinajstić information content (AvgIpc) is 3.22. The predicted molar refractivity (Wildman–Crippen MR) is 120 cm³/mol. The number of benzene rings is 2. The van der Waals surface area contributed by atoms with E-state index in [-0.39, 0.29) is 11.7 Å². The first-order chi connectivity index (χ1) is 15.6. The van der Waals surface area contributed by atoms with Crippen LogP contribution in [-0.2, 0) is 9.53 Å². The van der Waals surface area contributed by atoms with Gasteiger partial charge in [0.2, 0.25) is 6.10 Å². The number of thiazole rings is 1. The Morgan fingerprint density at radius 1 is 1.19 bits per heavy atom. The van der Waals surface area contributed by atoms with E-state index in [1.807, 2.05) is 25.1 Å². The summed E-state index contributed by atoms with van der Waals surface area (Å²) in [5.41, 5.74) is 0.662. The third-order valence-electron chi connectivity index (χ3n) is 5.67. The van der Waals surface area contributed by atoms with Gasteiger partial charge in [-0.1, -0.05) is 23.5 Å². The zero-order valence-electron chi connectivity index (χ0n) is 17.7. The third-order valence-corrected chi connectivity index (χ3v) is 6.71. The molecule has 1 aromatic heterocycles. The van der Waals surface area contributed by atoms with E-state index in [4.69, 9.17) is 14.2 Å². The number of para-hydroxylation sites is 2. The van der Waals surface area contributed by atoms with Gasteiger partial charge >= 0.3 is 0 Å². The number of hydrogen-bond acceptors (Lipinski definition) is 7. The second-order valence-corrected chi connectivity index (χ2v) is 8.87. The van der Waals surface area contributed by atoms with Gasteiger partial charge in [0.15, 0.2) is 16.6 Å². The molecule has 1 saturated heterocycles. The lowest BCUT2D eigenvalue weighted by Crippen LogP contribution is -2.52. The molecule has 7 nitrogen and oxygen atoms in total. The topological polar surface area (TPSA) is 64.1 Å². The standard InChI is InChI=1S/C23H24FN3O4S/c1-15-21(31-19-5-3-2-4-18(19)30-15)22(28)27(9-8-26-10-12-29-13-11-26)23-25-17-7-6-16(24)14-20(17)32-23/h2-7,14-15,21H,8-13H2,1H3. The Bertz CT molecular complexity index is 1120. The molecule has 2 atom stereocenters. The van der Waals surface area contributed by atoms with Gasteiger partial charge in [-0.2, -0.15) is 0 Å². The first-order valence-corrected chi connectivity index (χ1v) is 11.5. The smallest absolute Gasteiger partial charge is 0.273 e. The van der Waals surface area contributed by atoms with Crippen molar-refractivity contribution >= 4 is 32.6 Å². The molecule has 1 fully saturated rings. The summed E-state index contributed by atoms with van der Waals surface area (Å²) in [7, 11) is 0. The van der Waals surface area contributed by atoms with Crippen LogP contribution in [0, 0.1) is 5.82 Å². The second kappa shape index (κ2) is 9.01. The lowest BCUT2D eigenvalue weighted by molar-refractivity contribution is -0.130. The number of amides is 1. The minimum Gasteiger partial charge on any atom is -0.482 e. The van der Waals surface area contributed by atoms with Crippen LogP contribution in [0.1, 0.15) is 6.92 Å². The molecule has 1 amide bonds. The van der Waals surface area contributed by atoms with Crippen LogP contribution in [0.25, 0.3) is 10.2 Å². The summed E-state index contributed by atoms with van der Waals surface area (Å²) in [6.07, 6.45) is -1.27. The molecular weight excluding hydrogens is 433 g/mol. The summed E-state index contributed by atoms with van der Waals surface area (Å²) in [4.78, 5) is 22.2. The molecule has 9 heteroatoms. The lowest BCUT2D eigenvalue weighted by atomic mass is 10.1. The summed E-state index contributed by atoms with van der Waals surface area (Å²) in [5.74, 6) is 0.621. The van der Waals surface area contributed by atoms with Crippen LogP contribution in [0.3, 0.4) is 0 Å². The maximum Gasteiger partial charge on any atom is 0.273 e. The molecule has 3 aromatic rings. The summed E-state index contributed by atoms with van der Waals surface area (Å²) < 4.78 is 31.9. The molecule has 168 valence electrons. The molecule has 0 saturated carbocycles. The van der Waals surface area contributed by atoms with Crippen LogP contribution in [0.5, 0.6) is 11.5 Å². The number of morpholine rings is 1. The van der Waals surface area contributed by atoms with Crippen molar-refractivity contribution in [2.24, 2.45) is 0 Å². The van der Waals surface area contributed by atoms with Gasteiger partial charge in [-0.25, -0.2) is 9.37 Å². The maximum absolute atomic E-state index is 13.7. The SMILES string of the molecule is CC1Oc2ccccc2OC1C(=O)N(CCN1CCOCC1)c1nc2ccc(F)cc2s1. The Morgan fingerprint density at radius 2 is 1.94 bits per heavy atom. The quantitative estimate of drug-likeness (QED) is 0.586. The van der Waals surface area contributed by atoms with Gasteiger partial charge in [0.25, 0.3) is 5.91 Å². The normalized spacial score (nSPS) is 20.9. The van der Waals surface area contributed by atoms with E-state index in [0.29, 0.717) is 53.2 Å². The molecular formula is C23H24FN3O4S. The number of carbonyl (C=O) groups excluding carboxylic acids is 1. The van der Waals surface area contributed by atoms with Crippen molar-refractivity contribution in [2.45, 2.75) is 19.1 Å². The van der Waals surface area contributed by atoms with Gasteiger partial charge < -0.3 is 14.2 Å². The first kappa shape index (κ1) is 21.1. The van der Waals surface area contributed by atoms with Gasteiger partial charge in [-0.15, -0.1) is 0 Å². The Hall–Kier alpha value is -2.75. The molecule has 5 rings (SSSR count). The number of carbonyl (C=O) groups is 1. The van der Waals surface area contributed by atoms with Crippen molar-refractivity contribution in [1.82, 2.24) is 9.88 Å². The number of rotatable bonds is 5. The Labute approximate surface area is 189 Å². The fraction of sp³-hybridized carbons (Fsp3) is 0.391. The number of nitrogens with zero attached hydrogens (tertiary/aromatic N) is 3. The van der Waals surface area contributed by atoms with Crippen molar-refractivity contribution in [3.63, 3.8) is 0 Å². The highest BCUT2D eigenvalue weighted by molar-refractivity contribution is 7.22. The Kier molecular flexibility index (Phi) is 5.95. The van der Waals surface area contributed by atoms with Crippen molar-refractivity contribution in [3.05, 3.63) is 48.3 Å². The lowest BCUT2D eigenvalue weighted by Gasteiger charge is -2.34. The van der Waals surface area contributed by atoms with E-state index in [1.165, 1.54) is 23.5 Å². The summed E-state index contributed by atoms with van der Waals surface area (Å²) in [5, 5.41) is 0.526. The minimum atomic E-state index is -0.807. The Morgan fingerprint density at radius 3 is 2.72 bits per heavy atom. The largest absolute Gasteiger partial charge is 0.482 e. The van der Waals surface area contributed by atoms with E-state index in [2.05, 4.69) is 9.88 Å². The van der Waals surface area contributed by atoms with Crippen molar-refractivity contribution in [1.29, 1.82) is 0 Å². The molecule has 2 aliphatic rings. The zero-order chi connectivity index (χ0) is 22.1. The van der Waals surface area contributed by atoms with Crippen LogP contribution < -0.4 is 14.4 Å². The summed E-state index contributed by atoms with van der Waals surface area (Å²) in [6, 6.07) is 11.8. The molecule has 3 heterocycles. The van der Waals surface area contributed by atoms with Gasteiger partial charge in [0.05, 0.1) is 23.4 Å². The highest BCUT2D eigenvalue weighted by Crippen LogP contribution is 2.35.